The van der Waals surface area contributed by atoms with Crippen molar-refractivity contribution in [2.24, 2.45) is 16.6 Å². The van der Waals surface area contributed by atoms with Gasteiger partial charge in [-0.25, -0.2) is 0 Å². The van der Waals surface area contributed by atoms with E-state index in [1.807, 2.05) is 13.8 Å². The van der Waals surface area contributed by atoms with Gasteiger partial charge in [0.15, 0.2) is 0 Å². The van der Waals surface area contributed by atoms with Gasteiger partial charge in [-0.2, -0.15) is 0 Å². The highest BCUT2D eigenvalue weighted by Crippen LogP contribution is 2.38. The van der Waals surface area contributed by atoms with Crippen LogP contribution in [0.25, 0.3) is 0 Å². The molecule has 0 aromatic rings. The Balaban J connectivity index is 2.83. The van der Waals surface area contributed by atoms with Gasteiger partial charge in [0.25, 0.3) is 0 Å². The molecule has 1 unspecified atom stereocenters. The van der Waals surface area contributed by atoms with Crippen molar-refractivity contribution in [3.8, 4) is 0 Å². The SMILES string of the molecule is CCC(CC)(C(=O)NC1CCCC1(C)C)C(N)=S. The van der Waals surface area contributed by atoms with Crippen LogP contribution < -0.4 is 11.1 Å². The third-order valence-corrected chi connectivity index (χ3v) is 5.07. The average Bonchev–Trinajstić information content (AvgIpc) is 2.60. The highest BCUT2D eigenvalue weighted by Gasteiger charge is 2.42. The summed E-state index contributed by atoms with van der Waals surface area (Å²) in [5, 5.41) is 3.19. The summed E-state index contributed by atoms with van der Waals surface area (Å²) in [4.78, 5) is 12.9. The van der Waals surface area contributed by atoms with Crippen molar-refractivity contribution in [3.63, 3.8) is 0 Å². The second-order valence-electron chi connectivity index (χ2n) is 6.06. The minimum atomic E-state index is -0.673. The van der Waals surface area contributed by atoms with Crippen LogP contribution in [-0.4, -0.2) is 16.9 Å². The molecule has 0 bridgehead atoms. The summed E-state index contributed by atoms with van der Waals surface area (Å²) in [5.74, 6) is 0.0139. The van der Waals surface area contributed by atoms with Crippen LogP contribution in [0, 0.1) is 10.8 Å². The van der Waals surface area contributed by atoms with Crippen molar-refractivity contribution >= 4 is 23.1 Å². The van der Waals surface area contributed by atoms with E-state index in [0.717, 1.165) is 12.8 Å². The molecule has 104 valence electrons. The van der Waals surface area contributed by atoms with Crippen molar-refractivity contribution in [2.45, 2.75) is 65.8 Å². The molecule has 0 aliphatic heterocycles. The van der Waals surface area contributed by atoms with Gasteiger partial charge < -0.3 is 11.1 Å². The first-order valence-corrected chi connectivity index (χ1v) is 7.32. The van der Waals surface area contributed by atoms with E-state index >= 15 is 0 Å². The number of rotatable bonds is 5. The lowest BCUT2D eigenvalue weighted by Crippen LogP contribution is -2.53. The monoisotopic (exact) mass is 270 g/mol. The predicted molar refractivity (Wildman–Crippen MR) is 79.4 cm³/mol. The van der Waals surface area contributed by atoms with Crippen LogP contribution in [-0.2, 0) is 4.79 Å². The van der Waals surface area contributed by atoms with Gasteiger partial charge >= 0.3 is 0 Å². The molecule has 1 atom stereocenters. The van der Waals surface area contributed by atoms with Crippen LogP contribution in [0.15, 0.2) is 0 Å². The van der Waals surface area contributed by atoms with Crippen LogP contribution in [0.5, 0.6) is 0 Å². The first-order chi connectivity index (χ1) is 8.30. The van der Waals surface area contributed by atoms with Gasteiger partial charge in [0.05, 0.1) is 10.4 Å². The van der Waals surface area contributed by atoms with E-state index in [-0.39, 0.29) is 17.4 Å². The van der Waals surface area contributed by atoms with Crippen LogP contribution >= 0.6 is 12.2 Å². The molecular weight excluding hydrogens is 244 g/mol. The standard InChI is InChI=1S/C14H26N2OS/c1-5-14(6-2,11(15)18)12(17)16-10-8-7-9-13(10,3)4/h10H,5-9H2,1-4H3,(H2,15,18)(H,16,17). The summed E-state index contributed by atoms with van der Waals surface area (Å²) in [5.41, 5.74) is 5.31. The third-order valence-electron chi connectivity index (χ3n) is 4.68. The Morgan fingerprint density at radius 1 is 1.44 bits per heavy atom. The summed E-state index contributed by atoms with van der Waals surface area (Å²) < 4.78 is 0. The fourth-order valence-corrected chi connectivity index (χ4v) is 3.30. The molecule has 1 saturated carbocycles. The zero-order valence-electron chi connectivity index (χ0n) is 12.0. The second kappa shape index (κ2) is 5.55. The van der Waals surface area contributed by atoms with E-state index in [1.165, 1.54) is 6.42 Å². The zero-order chi connectivity index (χ0) is 14.0. The van der Waals surface area contributed by atoms with Gasteiger partial charge in [-0.05, 0) is 31.1 Å². The van der Waals surface area contributed by atoms with Crippen molar-refractivity contribution in [3.05, 3.63) is 0 Å². The molecule has 0 heterocycles. The molecular formula is C14H26N2OS. The number of nitrogens with two attached hydrogens (primary N) is 1. The molecule has 1 aliphatic rings. The van der Waals surface area contributed by atoms with E-state index in [4.69, 9.17) is 18.0 Å². The molecule has 1 aliphatic carbocycles. The van der Waals surface area contributed by atoms with E-state index < -0.39 is 5.41 Å². The van der Waals surface area contributed by atoms with E-state index in [0.29, 0.717) is 17.8 Å². The smallest absolute Gasteiger partial charge is 0.233 e. The van der Waals surface area contributed by atoms with Gasteiger partial charge in [0.2, 0.25) is 5.91 Å². The molecule has 3 N–H and O–H groups in total. The van der Waals surface area contributed by atoms with Crippen molar-refractivity contribution < 1.29 is 4.79 Å². The minimum absolute atomic E-state index is 0.0139. The maximum atomic E-state index is 12.5. The summed E-state index contributed by atoms with van der Waals surface area (Å²) in [6.07, 6.45) is 4.72. The van der Waals surface area contributed by atoms with Crippen LogP contribution in [0.2, 0.25) is 0 Å². The highest BCUT2D eigenvalue weighted by molar-refractivity contribution is 7.80. The predicted octanol–water partition coefficient (Wildman–Crippen LogP) is 2.77. The first kappa shape index (κ1) is 15.4. The maximum absolute atomic E-state index is 12.5. The number of hydrogen-bond donors (Lipinski definition) is 2. The van der Waals surface area contributed by atoms with Crippen LogP contribution in [0.1, 0.15) is 59.8 Å². The molecule has 1 rings (SSSR count). The molecule has 4 heteroatoms. The Hall–Kier alpha value is -0.640. The number of thiocarbonyl (C=S) groups is 1. The van der Waals surface area contributed by atoms with Gasteiger partial charge in [-0.15, -0.1) is 0 Å². The molecule has 18 heavy (non-hydrogen) atoms. The largest absolute Gasteiger partial charge is 0.392 e. The van der Waals surface area contributed by atoms with E-state index in [9.17, 15) is 4.79 Å². The average molecular weight is 270 g/mol. The van der Waals surface area contributed by atoms with Gasteiger partial charge in [0.1, 0.15) is 0 Å². The maximum Gasteiger partial charge on any atom is 0.233 e. The molecule has 0 spiro atoms. The van der Waals surface area contributed by atoms with Gasteiger partial charge in [-0.3, -0.25) is 4.79 Å². The van der Waals surface area contributed by atoms with Crippen molar-refractivity contribution in [2.75, 3.05) is 0 Å². The fraction of sp³-hybridized carbons (Fsp3) is 0.857. The third kappa shape index (κ3) is 2.68. The van der Waals surface area contributed by atoms with E-state index in [2.05, 4.69) is 19.2 Å². The van der Waals surface area contributed by atoms with E-state index in [1.54, 1.807) is 0 Å². The molecule has 0 aromatic heterocycles. The number of nitrogens with one attached hydrogen (secondary N) is 1. The molecule has 0 aromatic carbocycles. The number of amides is 1. The Labute approximate surface area is 116 Å². The van der Waals surface area contributed by atoms with Crippen LogP contribution in [0.3, 0.4) is 0 Å². The van der Waals surface area contributed by atoms with Crippen molar-refractivity contribution in [1.82, 2.24) is 5.32 Å². The number of carbonyl (C=O) groups excluding carboxylic acids is 1. The number of carbonyl (C=O) groups is 1. The number of hydrogen-bond acceptors (Lipinski definition) is 2. The summed E-state index contributed by atoms with van der Waals surface area (Å²) in [7, 11) is 0. The molecule has 1 amide bonds. The summed E-state index contributed by atoms with van der Waals surface area (Å²) in [6.45, 7) is 8.38. The first-order valence-electron chi connectivity index (χ1n) is 6.91. The van der Waals surface area contributed by atoms with Gasteiger partial charge in [0, 0.05) is 6.04 Å². The Bertz CT molecular complexity index is 335. The fourth-order valence-electron chi connectivity index (χ4n) is 2.92. The molecule has 0 saturated heterocycles. The second-order valence-corrected chi connectivity index (χ2v) is 6.50. The molecule has 0 radical (unpaired) electrons. The summed E-state index contributed by atoms with van der Waals surface area (Å²) in [6, 6.07) is 0.247. The zero-order valence-corrected chi connectivity index (χ0v) is 12.8. The quantitative estimate of drug-likeness (QED) is 0.755. The molecule has 3 nitrogen and oxygen atoms in total. The Kier molecular flexibility index (Phi) is 4.76. The van der Waals surface area contributed by atoms with Gasteiger partial charge in [-0.1, -0.05) is 46.3 Å². The lowest BCUT2D eigenvalue weighted by Gasteiger charge is -2.34. The van der Waals surface area contributed by atoms with Crippen molar-refractivity contribution in [1.29, 1.82) is 0 Å². The lowest BCUT2D eigenvalue weighted by molar-refractivity contribution is -0.129. The Morgan fingerprint density at radius 3 is 2.33 bits per heavy atom. The topological polar surface area (TPSA) is 55.1 Å². The van der Waals surface area contributed by atoms with Crippen LogP contribution in [0.4, 0.5) is 0 Å². The Morgan fingerprint density at radius 2 is 2.00 bits per heavy atom. The lowest BCUT2D eigenvalue weighted by atomic mass is 9.80. The highest BCUT2D eigenvalue weighted by atomic mass is 32.1. The summed E-state index contributed by atoms with van der Waals surface area (Å²) >= 11 is 5.12. The normalized spacial score (nSPS) is 22.8. The molecule has 1 fully saturated rings. The minimum Gasteiger partial charge on any atom is -0.392 e.